The lowest BCUT2D eigenvalue weighted by Crippen LogP contribution is -2.41. The maximum atomic E-state index is 13.9. The molecule has 33 heavy (non-hydrogen) atoms. The summed E-state index contributed by atoms with van der Waals surface area (Å²) < 4.78 is 29.0. The fourth-order valence-corrected chi connectivity index (χ4v) is 5.92. The number of aliphatic carboxylic acids is 1. The van der Waals surface area contributed by atoms with Gasteiger partial charge in [-0.15, -0.1) is 0 Å². The first-order chi connectivity index (χ1) is 15.7. The van der Waals surface area contributed by atoms with Crippen LogP contribution in [0.2, 0.25) is 10.0 Å². The Kier molecular flexibility index (Phi) is 6.34. The average molecular weight is 505 g/mol. The third kappa shape index (κ3) is 4.42. The van der Waals surface area contributed by atoms with E-state index in [4.69, 9.17) is 28.3 Å². The molecule has 1 heterocycles. The number of para-hydroxylation sites is 1. The molecule has 0 spiro atoms. The first-order valence-electron chi connectivity index (χ1n) is 9.86. The molecule has 7 nitrogen and oxygen atoms in total. The van der Waals surface area contributed by atoms with Gasteiger partial charge in [0.2, 0.25) is 5.91 Å². The summed E-state index contributed by atoms with van der Waals surface area (Å²) >= 11 is 12.1. The van der Waals surface area contributed by atoms with Crippen LogP contribution < -0.4 is 9.62 Å². The highest BCUT2D eigenvalue weighted by Crippen LogP contribution is 2.48. The van der Waals surface area contributed by atoms with Gasteiger partial charge in [0.1, 0.15) is 6.54 Å². The van der Waals surface area contributed by atoms with Gasteiger partial charge in [0, 0.05) is 5.56 Å². The fourth-order valence-electron chi connectivity index (χ4n) is 3.88. The van der Waals surface area contributed by atoms with Crippen LogP contribution in [0.5, 0.6) is 0 Å². The molecule has 0 aliphatic carbocycles. The Bertz CT molecular complexity index is 1360. The van der Waals surface area contributed by atoms with Gasteiger partial charge < -0.3 is 10.4 Å². The average Bonchev–Trinajstić information content (AvgIpc) is 2.79. The Hall–Kier alpha value is -3.07. The number of sulfonamides is 1. The van der Waals surface area contributed by atoms with Crippen molar-refractivity contribution in [3.05, 3.63) is 82.3 Å². The van der Waals surface area contributed by atoms with Crippen molar-refractivity contribution in [1.82, 2.24) is 5.32 Å². The summed E-state index contributed by atoms with van der Waals surface area (Å²) in [5.74, 6) is -1.79. The van der Waals surface area contributed by atoms with E-state index in [1.807, 2.05) is 18.2 Å². The van der Waals surface area contributed by atoms with Gasteiger partial charge in [0.15, 0.2) is 0 Å². The molecule has 2 N–H and O–H groups in total. The van der Waals surface area contributed by atoms with E-state index in [0.29, 0.717) is 16.8 Å². The standard InChI is InChI=1S/C23H18Cl2N2O5S/c24-18-10-9-14(11-19(18)25)33(31,32)27-20-8-4-3-6-16(20)15-5-1-2-7-17(15)21(27)12-22(28)26-13-23(29)30/h1-11,21H,12-13H2,(H,26,28)(H,29,30). The van der Waals surface area contributed by atoms with Gasteiger partial charge in [-0.3, -0.25) is 13.9 Å². The van der Waals surface area contributed by atoms with Crippen molar-refractivity contribution in [2.45, 2.75) is 17.4 Å². The predicted octanol–water partition coefficient (Wildman–Crippen LogP) is 4.50. The van der Waals surface area contributed by atoms with Crippen LogP contribution >= 0.6 is 23.2 Å². The molecule has 1 aliphatic heterocycles. The number of carbonyl (C=O) groups is 2. The van der Waals surface area contributed by atoms with E-state index in [0.717, 1.165) is 5.56 Å². The van der Waals surface area contributed by atoms with Crippen LogP contribution in [-0.4, -0.2) is 31.9 Å². The van der Waals surface area contributed by atoms with E-state index in [1.54, 1.807) is 30.3 Å². The molecule has 0 bridgehead atoms. The molecule has 0 fully saturated rings. The van der Waals surface area contributed by atoms with Gasteiger partial charge in [-0.05, 0) is 35.4 Å². The van der Waals surface area contributed by atoms with Crippen molar-refractivity contribution in [2.75, 3.05) is 10.8 Å². The maximum absolute atomic E-state index is 13.9. The summed E-state index contributed by atoms with van der Waals surface area (Å²) in [5.41, 5.74) is 2.52. The number of fused-ring (bicyclic) bond motifs is 3. The summed E-state index contributed by atoms with van der Waals surface area (Å²) in [4.78, 5) is 23.4. The minimum Gasteiger partial charge on any atom is -0.480 e. The smallest absolute Gasteiger partial charge is 0.322 e. The number of benzene rings is 3. The number of carboxylic acids is 1. The van der Waals surface area contributed by atoms with E-state index < -0.39 is 34.5 Å². The molecule has 3 aromatic carbocycles. The minimum absolute atomic E-state index is 0.0815. The van der Waals surface area contributed by atoms with Crippen molar-refractivity contribution >= 4 is 50.8 Å². The van der Waals surface area contributed by atoms with E-state index in [1.165, 1.54) is 22.5 Å². The second-order valence-corrected chi connectivity index (χ2v) is 10.0. The van der Waals surface area contributed by atoms with Crippen LogP contribution in [0.3, 0.4) is 0 Å². The number of hydrogen-bond acceptors (Lipinski definition) is 4. The molecule has 170 valence electrons. The molecule has 1 unspecified atom stereocenters. The van der Waals surface area contributed by atoms with Gasteiger partial charge in [-0.25, -0.2) is 8.42 Å². The van der Waals surface area contributed by atoms with Crippen molar-refractivity contribution in [1.29, 1.82) is 0 Å². The molecule has 0 aromatic heterocycles. The van der Waals surface area contributed by atoms with Crippen LogP contribution in [0, 0.1) is 0 Å². The lowest BCUT2D eigenvalue weighted by Gasteiger charge is -2.39. The minimum atomic E-state index is -4.19. The second kappa shape index (κ2) is 9.05. The quantitative estimate of drug-likeness (QED) is 0.514. The molecule has 1 amide bonds. The van der Waals surface area contributed by atoms with Crippen LogP contribution in [0.15, 0.2) is 71.6 Å². The largest absolute Gasteiger partial charge is 0.480 e. The topological polar surface area (TPSA) is 104 Å². The molecule has 1 aliphatic rings. The number of hydrogen-bond donors (Lipinski definition) is 2. The third-order valence-corrected chi connectivity index (χ3v) is 7.86. The Labute approximate surface area is 200 Å². The molecule has 0 saturated heterocycles. The first kappa shape index (κ1) is 23.1. The zero-order valence-corrected chi connectivity index (χ0v) is 19.4. The van der Waals surface area contributed by atoms with E-state index in [2.05, 4.69) is 5.32 Å². The molecule has 1 atom stereocenters. The van der Waals surface area contributed by atoms with Gasteiger partial charge in [0.05, 0.1) is 33.1 Å². The summed E-state index contributed by atoms with van der Waals surface area (Å²) in [6.45, 7) is -0.566. The van der Waals surface area contributed by atoms with Gasteiger partial charge in [-0.2, -0.15) is 0 Å². The van der Waals surface area contributed by atoms with Crippen molar-refractivity contribution in [3.8, 4) is 11.1 Å². The summed E-state index contributed by atoms with van der Waals surface area (Å²) in [5, 5.41) is 11.5. The highest BCUT2D eigenvalue weighted by molar-refractivity contribution is 7.92. The zero-order valence-electron chi connectivity index (χ0n) is 17.0. The Balaban J connectivity index is 1.88. The Morgan fingerprint density at radius 2 is 1.61 bits per heavy atom. The van der Waals surface area contributed by atoms with Crippen LogP contribution in [-0.2, 0) is 19.6 Å². The van der Waals surface area contributed by atoms with Crippen LogP contribution in [0.25, 0.3) is 11.1 Å². The molecular formula is C23H18Cl2N2O5S. The van der Waals surface area contributed by atoms with Crippen molar-refractivity contribution in [3.63, 3.8) is 0 Å². The number of halogens is 2. The summed E-state index contributed by atoms with van der Waals surface area (Å²) in [6, 6.07) is 17.3. The van der Waals surface area contributed by atoms with E-state index in [9.17, 15) is 18.0 Å². The lowest BCUT2D eigenvalue weighted by atomic mass is 9.88. The molecule has 0 saturated carbocycles. The molecule has 4 rings (SSSR count). The number of nitrogens with zero attached hydrogens (tertiary/aromatic N) is 1. The highest BCUT2D eigenvalue weighted by atomic mass is 35.5. The monoisotopic (exact) mass is 504 g/mol. The summed E-state index contributed by atoms with van der Waals surface area (Å²) in [7, 11) is -4.19. The van der Waals surface area contributed by atoms with Gasteiger partial charge in [-0.1, -0.05) is 65.7 Å². The number of carbonyl (C=O) groups excluding carboxylic acids is 1. The first-order valence-corrected chi connectivity index (χ1v) is 12.1. The molecule has 3 aromatic rings. The highest BCUT2D eigenvalue weighted by Gasteiger charge is 2.40. The second-order valence-electron chi connectivity index (χ2n) is 7.37. The third-order valence-electron chi connectivity index (χ3n) is 5.30. The van der Waals surface area contributed by atoms with Crippen LogP contribution in [0.4, 0.5) is 5.69 Å². The molecule has 10 heteroatoms. The number of anilines is 1. The number of rotatable bonds is 6. The van der Waals surface area contributed by atoms with Crippen molar-refractivity contribution in [2.24, 2.45) is 0 Å². The lowest BCUT2D eigenvalue weighted by molar-refractivity contribution is -0.138. The normalized spacial score (nSPS) is 14.8. The predicted molar refractivity (Wildman–Crippen MR) is 126 cm³/mol. The SMILES string of the molecule is O=C(O)CNC(=O)CC1c2ccccc2-c2ccccc2N1S(=O)(=O)c1ccc(Cl)c(Cl)c1. The zero-order chi connectivity index (χ0) is 23.8. The van der Waals surface area contributed by atoms with Crippen molar-refractivity contribution < 1.29 is 23.1 Å². The van der Waals surface area contributed by atoms with E-state index >= 15 is 0 Å². The van der Waals surface area contributed by atoms with Gasteiger partial charge in [0.25, 0.3) is 10.0 Å². The Morgan fingerprint density at radius 1 is 0.939 bits per heavy atom. The molecular weight excluding hydrogens is 487 g/mol. The fraction of sp³-hybridized carbons (Fsp3) is 0.130. The van der Waals surface area contributed by atoms with E-state index in [-0.39, 0.29) is 21.4 Å². The molecule has 0 radical (unpaired) electrons. The maximum Gasteiger partial charge on any atom is 0.322 e. The summed E-state index contributed by atoms with van der Waals surface area (Å²) in [6.07, 6.45) is -0.279. The Morgan fingerprint density at radius 3 is 2.30 bits per heavy atom. The number of nitrogens with one attached hydrogen (secondary N) is 1. The van der Waals surface area contributed by atoms with Gasteiger partial charge >= 0.3 is 5.97 Å². The van der Waals surface area contributed by atoms with Crippen LogP contribution in [0.1, 0.15) is 18.0 Å². The number of amides is 1. The number of carboxylic acid groups (broad SMARTS) is 1.